The van der Waals surface area contributed by atoms with Crippen LogP contribution in [0.1, 0.15) is 13.3 Å². The van der Waals surface area contributed by atoms with Gasteiger partial charge in [0.2, 0.25) is 0 Å². The van der Waals surface area contributed by atoms with Crippen molar-refractivity contribution in [1.29, 1.82) is 0 Å². The van der Waals surface area contributed by atoms with Crippen molar-refractivity contribution in [3.63, 3.8) is 0 Å². The van der Waals surface area contributed by atoms with Crippen molar-refractivity contribution in [3.8, 4) is 0 Å². The van der Waals surface area contributed by atoms with Gasteiger partial charge in [-0.05, 0) is 0 Å². The molecule has 1 heterocycles. The molecule has 5 atom stereocenters. The maximum atomic E-state index is 11.0. The number of hydrogen-bond donors (Lipinski definition) is 4. The summed E-state index contributed by atoms with van der Waals surface area (Å²) in [7, 11) is 0. The molecular weight excluding hydrogens is 232 g/mol. The summed E-state index contributed by atoms with van der Waals surface area (Å²) >= 11 is 0. The first-order chi connectivity index (χ1) is 8.01. The van der Waals surface area contributed by atoms with Crippen LogP contribution < -0.4 is 0 Å². The average Bonchev–Trinajstić information content (AvgIpc) is 2.34. The molecule has 0 aromatic rings. The molecule has 0 radical (unpaired) electrons. The molecule has 1 aliphatic heterocycles. The number of ether oxygens (including phenoxy) is 2. The molecular formula is C10H18O7. The molecule has 1 fully saturated rings. The number of ketones is 1. The van der Waals surface area contributed by atoms with Crippen LogP contribution in [-0.4, -0.2) is 70.1 Å². The van der Waals surface area contributed by atoms with Crippen molar-refractivity contribution >= 4 is 5.78 Å². The highest BCUT2D eigenvalue weighted by Crippen LogP contribution is 2.21. The maximum Gasteiger partial charge on any atom is 0.187 e. The molecule has 1 aliphatic rings. The minimum atomic E-state index is -1.48. The van der Waals surface area contributed by atoms with Gasteiger partial charge in [0.25, 0.3) is 0 Å². The highest BCUT2D eigenvalue weighted by atomic mass is 16.7. The lowest BCUT2D eigenvalue weighted by Gasteiger charge is -2.39. The fourth-order valence-electron chi connectivity index (χ4n) is 1.48. The molecule has 0 spiro atoms. The predicted molar refractivity (Wildman–Crippen MR) is 55.0 cm³/mol. The highest BCUT2D eigenvalue weighted by molar-refractivity contribution is 5.79. The van der Waals surface area contributed by atoms with Gasteiger partial charge in [0.15, 0.2) is 12.1 Å². The largest absolute Gasteiger partial charge is 0.394 e. The number of aliphatic hydroxyl groups is 4. The summed E-state index contributed by atoms with van der Waals surface area (Å²) in [6, 6.07) is 0. The molecule has 1 rings (SSSR count). The zero-order valence-corrected chi connectivity index (χ0v) is 9.52. The standard InChI is InChI=1S/C10H18O7/c1-2-5(12)4-16-10-9(15)8(14)7(13)6(3-11)17-10/h6-11,13-15H,2-4H2,1H3/t6-,7+,8+,9-,10-/m1/s1. The van der Waals surface area contributed by atoms with Crippen LogP contribution in [0, 0.1) is 0 Å². The SMILES string of the molecule is CCC(=O)CO[C@@H]1O[C@H](CO)[C@H](O)[C@H](O)[C@H]1O. The minimum absolute atomic E-state index is 0.179. The molecule has 0 unspecified atom stereocenters. The maximum absolute atomic E-state index is 11.0. The second kappa shape index (κ2) is 6.39. The smallest absolute Gasteiger partial charge is 0.187 e. The van der Waals surface area contributed by atoms with E-state index >= 15 is 0 Å². The van der Waals surface area contributed by atoms with Gasteiger partial charge in [0.1, 0.15) is 31.0 Å². The van der Waals surface area contributed by atoms with E-state index in [1.807, 2.05) is 0 Å². The molecule has 4 N–H and O–H groups in total. The van der Waals surface area contributed by atoms with Crippen molar-refractivity contribution in [1.82, 2.24) is 0 Å². The van der Waals surface area contributed by atoms with Gasteiger partial charge in [-0.25, -0.2) is 0 Å². The van der Waals surface area contributed by atoms with E-state index in [2.05, 4.69) is 0 Å². The Morgan fingerprint density at radius 1 is 1.24 bits per heavy atom. The molecule has 7 nitrogen and oxygen atoms in total. The Morgan fingerprint density at radius 2 is 1.88 bits per heavy atom. The molecule has 0 bridgehead atoms. The molecule has 0 saturated carbocycles. The number of Topliss-reactive ketones (excluding diaryl/α,β-unsaturated/α-hetero) is 1. The van der Waals surface area contributed by atoms with Gasteiger partial charge in [-0.3, -0.25) is 4.79 Å². The first kappa shape index (κ1) is 14.5. The van der Waals surface area contributed by atoms with Crippen LogP contribution in [0.3, 0.4) is 0 Å². The van der Waals surface area contributed by atoms with E-state index in [1.165, 1.54) is 0 Å². The van der Waals surface area contributed by atoms with Gasteiger partial charge in [-0.2, -0.15) is 0 Å². The van der Waals surface area contributed by atoms with Crippen LogP contribution in [0.25, 0.3) is 0 Å². The Balaban J connectivity index is 2.56. The minimum Gasteiger partial charge on any atom is -0.394 e. The molecule has 0 aromatic carbocycles. The second-order valence-electron chi connectivity index (χ2n) is 3.90. The summed E-state index contributed by atoms with van der Waals surface area (Å²) in [6.07, 6.45) is -6.33. The Morgan fingerprint density at radius 3 is 2.41 bits per heavy atom. The Bertz CT molecular complexity index is 255. The summed E-state index contributed by atoms with van der Waals surface area (Å²) in [6.45, 7) is 0.894. The fraction of sp³-hybridized carbons (Fsp3) is 0.900. The first-order valence-corrected chi connectivity index (χ1v) is 5.45. The number of carbonyl (C=O) groups excluding carboxylic acids is 1. The highest BCUT2D eigenvalue weighted by Gasteiger charge is 2.44. The van der Waals surface area contributed by atoms with Gasteiger partial charge in [-0.15, -0.1) is 0 Å². The summed E-state index contributed by atoms with van der Waals surface area (Å²) in [5, 5.41) is 37.4. The third-order valence-electron chi connectivity index (χ3n) is 2.65. The lowest BCUT2D eigenvalue weighted by molar-refractivity contribution is -0.299. The normalized spacial score (nSPS) is 38.1. The first-order valence-electron chi connectivity index (χ1n) is 5.45. The molecule has 0 aliphatic carbocycles. The van der Waals surface area contributed by atoms with Crippen molar-refractivity contribution in [3.05, 3.63) is 0 Å². The summed E-state index contributed by atoms with van der Waals surface area (Å²) < 4.78 is 10.0. The number of aliphatic hydroxyl groups excluding tert-OH is 4. The van der Waals surface area contributed by atoms with Gasteiger partial charge >= 0.3 is 0 Å². The van der Waals surface area contributed by atoms with Crippen LogP contribution in [0.2, 0.25) is 0 Å². The monoisotopic (exact) mass is 250 g/mol. The zero-order chi connectivity index (χ0) is 13.0. The van der Waals surface area contributed by atoms with Crippen molar-refractivity contribution in [2.75, 3.05) is 13.2 Å². The molecule has 17 heavy (non-hydrogen) atoms. The Kier molecular flexibility index (Phi) is 5.44. The molecule has 1 saturated heterocycles. The van der Waals surface area contributed by atoms with Crippen LogP contribution in [0.4, 0.5) is 0 Å². The Hall–Kier alpha value is -0.570. The molecule has 0 aromatic heterocycles. The van der Waals surface area contributed by atoms with E-state index in [9.17, 15) is 20.1 Å². The molecule has 7 heteroatoms. The third kappa shape index (κ3) is 3.44. The topological polar surface area (TPSA) is 116 Å². The number of rotatable bonds is 5. The van der Waals surface area contributed by atoms with E-state index in [0.717, 1.165) is 0 Å². The molecule has 0 amide bonds. The van der Waals surface area contributed by atoms with Crippen LogP contribution >= 0.6 is 0 Å². The predicted octanol–water partition coefficient (Wildman–Crippen LogP) is -2.22. The Labute approximate surface area is 98.6 Å². The van der Waals surface area contributed by atoms with Gasteiger partial charge < -0.3 is 29.9 Å². The van der Waals surface area contributed by atoms with Crippen LogP contribution in [0.15, 0.2) is 0 Å². The molecule has 100 valence electrons. The summed E-state index contributed by atoms with van der Waals surface area (Å²) in [5.74, 6) is -0.179. The summed E-state index contributed by atoms with van der Waals surface area (Å²) in [5.41, 5.74) is 0. The zero-order valence-electron chi connectivity index (χ0n) is 9.52. The van der Waals surface area contributed by atoms with Gasteiger partial charge in [-0.1, -0.05) is 6.92 Å². The van der Waals surface area contributed by atoms with Gasteiger partial charge in [0.05, 0.1) is 6.61 Å². The number of hydrogen-bond acceptors (Lipinski definition) is 7. The van der Waals surface area contributed by atoms with Crippen LogP contribution in [-0.2, 0) is 14.3 Å². The van der Waals surface area contributed by atoms with E-state index in [0.29, 0.717) is 0 Å². The van der Waals surface area contributed by atoms with E-state index in [1.54, 1.807) is 6.92 Å². The second-order valence-corrected chi connectivity index (χ2v) is 3.90. The lowest BCUT2D eigenvalue weighted by Crippen LogP contribution is -2.59. The lowest BCUT2D eigenvalue weighted by atomic mass is 9.99. The van der Waals surface area contributed by atoms with E-state index in [-0.39, 0.29) is 18.8 Å². The quantitative estimate of drug-likeness (QED) is 0.437. The van der Waals surface area contributed by atoms with Crippen molar-refractivity contribution < 1.29 is 34.7 Å². The third-order valence-corrected chi connectivity index (χ3v) is 2.65. The van der Waals surface area contributed by atoms with Crippen LogP contribution in [0.5, 0.6) is 0 Å². The van der Waals surface area contributed by atoms with E-state index in [4.69, 9.17) is 14.6 Å². The van der Waals surface area contributed by atoms with E-state index < -0.39 is 37.3 Å². The summed E-state index contributed by atoms with van der Waals surface area (Å²) in [4.78, 5) is 11.0. The average molecular weight is 250 g/mol. The van der Waals surface area contributed by atoms with Gasteiger partial charge in [0, 0.05) is 6.42 Å². The van der Waals surface area contributed by atoms with Crippen molar-refractivity contribution in [2.24, 2.45) is 0 Å². The number of carbonyl (C=O) groups is 1. The van der Waals surface area contributed by atoms with Crippen molar-refractivity contribution in [2.45, 2.75) is 44.1 Å². The fourth-order valence-corrected chi connectivity index (χ4v) is 1.48.